The lowest BCUT2D eigenvalue weighted by Gasteiger charge is -2.10. The van der Waals surface area contributed by atoms with Gasteiger partial charge in [0.15, 0.2) is 0 Å². The van der Waals surface area contributed by atoms with E-state index in [0.717, 1.165) is 22.4 Å². The molecule has 33 heavy (non-hydrogen) atoms. The van der Waals surface area contributed by atoms with Gasteiger partial charge >= 0.3 is 6.03 Å². The first-order valence-corrected chi connectivity index (χ1v) is 10.1. The summed E-state index contributed by atoms with van der Waals surface area (Å²) >= 11 is 0. The number of rotatable bonds is 4. The molecule has 0 spiro atoms. The number of anilines is 3. The van der Waals surface area contributed by atoms with Crippen LogP contribution in [-0.2, 0) is 0 Å². The lowest BCUT2D eigenvalue weighted by Crippen LogP contribution is -2.19. The van der Waals surface area contributed by atoms with Crippen LogP contribution in [0.2, 0.25) is 0 Å². The molecule has 0 radical (unpaired) electrons. The normalized spacial score (nSPS) is 10.8. The summed E-state index contributed by atoms with van der Waals surface area (Å²) in [4.78, 5) is 16.8. The van der Waals surface area contributed by atoms with Crippen molar-refractivity contribution in [2.45, 2.75) is 0 Å². The molecule has 5 rings (SSSR count). The van der Waals surface area contributed by atoms with Crippen LogP contribution >= 0.6 is 0 Å². The summed E-state index contributed by atoms with van der Waals surface area (Å²) in [5, 5.41) is 9.94. The van der Waals surface area contributed by atoms with Gasteiger partial charge in [-0.05, 0) is 42.0 Å². The predicted octanol–water partition coefficient (Wildman–Crippen LogP) is 5.92. The number of fused-ring (bicyclic) bond motifs is 1. The summed E-state index contributed by atoms with van der Waals surface area (Å²) < 4.78 is 18.5. The van der Waals surface area contributed by atoms with E-state index in [9.17, 15) is 9.18 Å². The molecule has 2 aromatic heterocycles. The predicted molar refractivity (Wildman–Crippen MR) is 126 cm³/mol. The molecule has 0 aliphatic carbocycles. The van der Waals surface area contributed by atoms with E-state index in [-0.39, 0.29) is 5.88 Å². The van der Waals surface area contributed by atoms with Gasteiger partial charge in [0.25, 0.3) is 0 Å². The highest BCUT2D eigenvalue weighted by molar-refractivity contribution is 6.02. The molecule has 162 valence electrons. The Morgan fingerprint density at radius 3 is 2.36 bits per heavy atom. The first-order valence-electron chi connectivity index (χ1n) is 10.1. The average molecular weight is 439 g/mol. The monoisotopic (exact) mass is 439 g/mol. The summed E-state index contributed by atoms with van der Waals surface area (Å²) in [5.74, 6) is -0.243. The summed E-state index contributed by atoms with van der Waals surface area (Å²) in [6.07, 6.45) is 0. The summed E-state index contributed by atoms with van der Waals surface area (Å²) in [7, 11) is 0. The van der Waals surface area contributed by atoms with Crippen LogP contribution in [0.5, 0.6) is 0 Å². The van der Waals surface area contributed by atoms with Gasteiger partial charge in [-0.3, -0.25) is 0 Å². The van der Waals surface area contributed by atoms with Crippen LogP contribution in [0.3, 0.4) is 0 Å². The largest absolute Gasteiger partial charge is 0.367 e. The number of hydrogen-bond acceptors (Lipinski definition) is 5. The lowest BCUT2D eigenvalue weighted by molar-refractivity contribution is 0.262. The number of nitrogens with one attached hydrogen (secondary N) is 2. The Balaban J connectivity index is 1.43. The first-order chi connectivity index (χ1) is 16.1. The molecule has 8 heteroatoms. The lowest BCUT2D eigenvalue weighted by atomic mass is 10.00. The fourth-order valence-electron chi connectivity index (χ4n) is 3.56. The van der Waals surface area contributed by atoms with E-state index >= 15 is 0 Å². The van der Waals surface area contributed by atoms with Crippen LogP contribution in [0.15, 0.2) is 89.5 Å². The van der Waals surface area contributed by atoms with Crippen molar-refractivity contribution < 1.29 is 13.7 Å². The molecule has 3 aromatic carbocycles. The molecular formula is C25H18FN5O2. The number of urea groups is 1. The number of nitrogen functional groups attached to an aromatic ring is 1. The highest BCUT2D eigenvalue weighted by atomic mass is 19.1. The van der Waals surface area contributed by atoms with Gasteiger partial charge in [-0.1, -0.05) is 53.7 Å². The second kappa shape index (κ2) is 8.43. The molecule has 0 atom stereocenters. The zero-order valence-electron chi connectivity index (χ0n) is 17.2. The molecule has 4 N–H and O–H groups in total. The molecule has 0 saturated heterocycles. The highest BCUT2D eigenvalue weighted by Gasteiger charge is 2.16. The van der Waals surface area contributed by atoms with Crippen molar-refractivity contribution in [2.24, 2.45) is 0 Å². The number of nitrogens with two attached hydrogens (primary N) is 1. The zero-order valence-corrected chi connectivity index (χ0v) is 17.2. The van der Waals surface area contributed by atoms with Crippen LogP contribution in [0.4, 0.5) is 26.4 Å². The van der Waals surface area contributed by atoms with E-state index in [1.807, 2.05) is 48.5 Å². The van der Waals surface area contributed by atoms with Crippen LogP contribution < -0.4 is 16.4 Å². The van der Waals surface area contributed by atoms with Crippen molar-refractivity contribution in [3.05, 3.63) is 90.7 Å². The second-order valence-electron chi connectivity index (χ2n) is 7.33. The third-order valence-corrected chi connectivity index (χ3v) is 5.08. The summed E-state index contributed by atoms with van der Waals surface area (Å²) in [5.41, 5.74) is 10.7. The van der Waals surface area contributed by atoms with Crippen molar-refractivity contribution in [3.8, 4) is 22.4 Å². The SMILES string of the molecule is Nc1onc2nc(-c3ccccc3)cc(-c3ccc(NC(=O)Nc4cccc(F)c4)cc3)c12. The van der Waals surface area contributed by atoms with Crippen LogP contribution in [0.25, 0.3) is 33.4 Å². The topological polar surface area (TPSA) is 106 Å². The van der Waals surface area contributed by atoms with Gasteiger partial charge < -0.3 is 20.9 Å². The van der Waals surface area contributed by atoms with Crippen molar-refractivity contribution >= 4 is 34.3 Å². The van der Waals surface area contributed by atoms with Crippen LogP contribution in [0, 0.1) is 5.82 Å². The minimum Gasteiger partial charge on any atom is -0.367 e. The number of nitrogens with zero attached hydrogens (tertiary/aromatic N) is 2. The fraction of sp³-hybridized carbons (Fsp3) is 0. The minimum absolute atomic E-state index is 0.184. The number of benzene rings is 3. The quantitative estimate of drug-likeness (QED) is 0.322. The zero-order chi connectivity index (χ0) is 22.8. The molecule has 2 heterocycles. The Labute approximate surface area is 188 Å². The minimum atomic E-state index is -0.478. The molecule has 2 amide bonds. The van der Waals surface area contributed by atoms with E-state index in [2.05, 4.69) is 20.8 Å². The van der Waals surface area contributed by atoms with Gasteiger partial charge in [0.1, 0.15) is 5.82 Å². The van der Waals surface area contributed by atoms with E-state index in [1.165, 1.54) is 18.2 Å². The van der Waals surface area contributed by atoms with Gasteiger partial charge in [-0.2, -0.15) is 0 Å². The van der Waals surface area contributed by atoms with Crippen molar-refractivity contribution in [2.75, 3.05) is 16.4 Å². The maximum atomic E-state index is 13.3. The van der Waals surface area contributed by atoms with Gasteiger partial charge in [-0.15, -0.1) is 0 Å². The van der Waals surface area contributed by atoms with E-state index in [0.29, 0.717) is 22.4 Å². The van der Waals surface area contributed by atoms with Gasteiger partial charge in [0.05, 0.1) is 11.1 Å². The second-order valence-corrected chi connectivity index (χ2v) is 7.33. The molecule has 0 aliphatic heterocycles. The standard InChI is InChI=1S/C25H18FN5O2/c26-17-7-4-8-19(13-17)29-25(32)28-18-11-9-15(10-12-18)20-14-21(16-5-2-1-3-6-16)30-24-22(20)23(27)33-31-24/h1-14H,27H2,(H2,28,29,32). The molecule has 5 aromatic rings. The van der Waals surface area contributed by atoms with Crippen molar-refractivity contribution in [3.63, 3.8) is 0 Å². The Hall–Kier alpha value is -4.72. The third-order valence-electron chi connectivity index (χ3n) is 5.08. The number of carbonyl (C=O) groups excluding carboxylic acids is 1. The number of carbonyl (C=O) groups is 1. The number of halogens is 1. The molecule has 7 nitrogen and oxygen atoms in total. The van der Waals surface area contributed by atoms with Crippen LogP contribution in [-0.4, -0.2) is 16.2 Å². The molecule has 0 fully saturated rings. The summed E-state index contributed by atoms with van der Waals surface area (Å²) in [6.45, 7) is 0. The van der Waals surface area contributed by atoms with Gasteiger partial charge in [0.2, 0.25) is 11.5 Å². The summed E-state index contributed by atoms with van der Waals surface area (Å²) in [6, 6.07) is 24.1. The van der Waals surface area contributed by atoms with Gasteiger partial charge in [0, 0.05) is 22.5 Å². The third kappa shape index (κ3) is 4.22. The molecular weight excluding hydrogens is 421 g/mol. The molecule has 0 aliphatic rings. The van der Waals surface area contributed by atoms with E-state index < -0.39 is 11.8 Å². The Morgan fingerprint density at radius 1 is 0.848 bits per heavy atom. The highest BCUT2D eigenvalue weighted by Crippen LogP contribution is 2.35. The number of aromatic nitrogens is 2. The number of hydrogen-bond donors (Lipinski definition) is 3. The molecule has 0 unspecified atom stereocenters. The number of amides is 2. The van der Waals surface area contributed by atoms with Crippen molar-refractivity contribution in [1.82, 2.24) is 10.1 Å². The Bertz CT molecular complexity index is 1450. The number of pyridine rings is 1. The Morgan fingerprint density at radius 2 is 1.61 bits per heavy atom. The van der Waals surface area contributed by atoms with Crippen molar-refractivity contribution in [1.29, 1.82) is 0 Å². The fourth-order valence-corrected chi connectivity index (χ4v) is 3.56. The van der Waals surface area contributed by atoms with E-state index in [4.69, 9.17) is 10.3 Å². The molecule has 0 saturated carbocycles. The maximum Gasteiger partial charge on any atom is 0.323 e. The van der Waals surface area contributed by atoms with Crippen LogP contribution in [0.1, 0.15) is 0 Å². The first kappa shape index (κ1) is 20.2. The smallest absolute Gasteiger partial charge is 0.323 e. The molecule has 0 bridgehead atoms. The maximum absolute atomic E-state index is 13.3. The Kier molecular flexibility index (Phi) is 5.16. The van der Waals surface area contributed by atoms with Gasteiger partial charge in [-0.25, -0.2) is 14.2 Å². The van der Waals surface area contributed by atoms with E-state index in [1.54, 1.807) is 18.2 Å². The average Bonchev–Trinajstić information content (AvgIpc) is 3.20.